The van der Waals surface area contributed by atoms with Gasteiger partial charge in [0.1, 0.15) is 0 Å². The highest BCUT2D eigenvalue weighted by molar-refractivity contribution is 6.07. The lowest BCUT2D eigenvalue weighted by Gasteiger charge is -2.05. The minimum atomic E-state index is -0.863. The Morgan fingerprint density at radius 1 is 1.24 bits per heavy atom. The third-order valence-electron chi connectivity index (χ3n) is 2.90. The van der Waals surface area contributed by atoms with Gasteiger partial charge in [-0.3, -0.25) is 4.79 Å². The van der Waals surface area contributed by atoms with Gasteiger partial charge in [-0.1, -0.05) is 12.1 Å². The van der Waals surface area contributed by atoms with E-state index in [1.165, 1.54) is 25.3 Å². The van der Waals surface area contributed by atoms with Crippen molar-refractivity contribution < 1.29 is 24.1 Å². The Bertz CT molecular complexity index is 707. The molecule has 0 saturated heterocycles. The Kier molecular flexibility index (Phi) is 4.23. The van der Waals surface area contributed by atoms with Crippen LogP contribution in [0.1, 0.15) is 15.9 Å². The van der Waals surface area contributed by atoms with E-state index in [9.17, 15) is 14.3 Å². The number of ether oxygens (including phenoxy) is 1. The maximum Gasteiger partial charge on any atom is 0.185 e. The smallest absolute Gasteiger partial charge is 0.185 e. The van der Waals surface area contributed by atoms with Gasteiger partial charge in [-0.2, -0.15) is 0 Å². The molecule has 2 N–H and O–H groups in total. The zero-order valence-corrected chi connectivity index (χ0v) is 11.2. The normalized spacial score (nSPS) is 10.8. The highest BCUT2D eigenvalue weighted by Crippen LogP contribution is 2.30. The lowest BCUT2D eigenvalue weighted by molar-refractivity contribution is 0.104. The highest BCUT2D eigenvalue weighted by Gasteiger charge is 2.08. The molecule has 0 aliphatic rings. The van der Waals surface area contributed by atoms with Gasteiger partial charge in [0.25, 0.3) is 0 Å². The van der Waals surface area contributed by atoms with Crippen LogP contribution >= 0.6 is 0 Å². The molecule has 2 rings (SSSR count). The van der Waals surface area contributed by atoms with Gasteiger partial charge in [-0.05, 0) is 36.4 Å². The van der Waals surface area contributed by atoms with Gasteiger partial charge < -0.3 is 14.9 Å². The Hall–Kier alpha value is -2.82. The predicted octanol–water partition coefficient (Wildman–Crippen LogP) is 3.14. The first-order chi connectivity index (χ1) is 10.0. The van der Waals surface area contributed by atoms with E-state index in [4.69, 9.17) is 9.84 Å². The SMILES string of the molecule is COc1cccc(/C=C/C(=O)c2ccc(O)c(F)c2)c1O. The molecule has 5 heteroatoms. The van der Waals surface area contributed by atoms with Crippen LogP contribution in [0.5, 0.6) is 17.2 Å². The molecule has 0 fully saturated rings. The van der Waals surface area contributed by atoms with Crippen molar-refractivity contribution in [3.05, 3.63) is 59.4 Å². The monoisotopic (exact) mass is 288 g/mol. The van der Waals surface area contributed by atoms with E-state index in [2.05, 4.69) is 0 Å². The lowest BCUT2D eigenvalue weighted by Crippen LogP contribution is -1.95. The highest BCUT2D eigenvalue weighted by atomic mass is 19.1. The summed E-state index contributed by atoms with van der Waals surface area (Å²) in [5, 5.41) is 18.9. The predicted molar refractivity (Wildman–Crippen MR) is 76.1 cm³/mol. The number of aromatic hydroxyl groups is 2. The number of halogens is 1. The molecular weight excluding hydrogens is 275 g/mol. The number of hydrogen-bond donors (Lipinski definition) is 2. The van der Waals surface area contributed by atoms with Crippen LogP contribution in [0.4, 0.5) is 4.39 Å². The van der Waals surface area contributed by atoms with E-state index in [1.807, 2.05) is 0 Å². The van der Waals surface area contributed by atoms with Gasteiger partial charge in [0.2, 0.25) is 0 Å². The Labute approximate surface area is 120 Å². The minimum absolute atomic E-state index is 0.0825. The third-order valence-corrected chi connectivity index (χ3v) is 2.90. The summed E-state index contributed by atoms with van der Waals surface area (Å²) in [6, 6.07) is 8.25. The number of allylic oxidation sites excluding steroid dienone is 1. The number of ketones is 1. The zero-order valence-electron chi connectivity index (χ0n) is 11.2. The van der Waals surface area contributed by atoms with E-state index in [1.54, 1.807) is 18.2 Å². The number of carbonyl (C=O) groups excluding carboxylic acids is 1. The number of carbonyl (C=O) groups is 1. The molecule has 0 atom stereocenters. The summed E-state index contributed by atoms with van der Waals surface area (Å²) >= 11 is 0. The number of phenols is 2. The van der Waals surface area contributed by atoms with Crippen LogP contribution in [0.15, 0.2) is 42.5 Å². The summed E-state index contributed by atoms with van der Waals surface area (Å²) in [5.74, 6) is -1.61. The molecule has 108 valence electrons. The molecule has 0 unspecified atom stereocenters. The quantitative estimate of drug-likeness (QED) is 0.670. The van der Waals surface area contributed by atoms with Crippen molar-refractivity contribution in [2.75, 3.05) is 7.11 Å². The third kappa shape index (κ3) is 3.20. The number of benzene rings is 2. The molecule has 21 heavy (non-hydrogen) atoms. The molecule has 0 radical (unpaired) electrons. The van der Waals surface area contributed by atoms with Gasteiger partial charge in [-0.15, -0.1) is 0 Å². The van der Waals surface area contributed by atoms with Gasteiger partial charge in [-0.25, -0.2) is 4.39 Å². The standard InChI is InChI=1S/C16H13FO4/c1-21-15-4-2-3-10(16(15)20)5-7-13(18)11-6-8-14(19)12(17)9-11/h2-9,19-20H,1H3/b7-5+. The van der Waals surface area contributed by atoms with Crippen LogP contribution in [-0.2, 0) is 0 Å². The average molecular weight is 288 g/mol. The van der Waals surface area contributed by atoms with Crippen molar-refractivity contribution in [2.24, 2.45) is 0 Å². The molecule has 0 bridgehead atoms. The van der Waals surface area contributed by atoms with E-state index in [0.717, 1.165) is 12.1 Å². The number of para-hydroxylation sites is 1. The average Bonchev–Trinajstić information content (AvgIpc) is 2.48. The fourth-order valence-corrected chi connectivity index (χ4v) is 1.76. The Balaban J connectivity index is 2.24. The Morgan fingerprint density at radius 2 is 2.00 bits per heavy atom. The molecule has 0 heterocycles. The molecule has 4 nitrogen and oxygen atoms in total. The first-order valence-corrected chi connectivity index (χ1v) is 6.10. The fourth-order valence-electron chi connectivity index (χ4n) is 1.76. The van der Waals surface area contributed by atoms with Gasteiger partial charge in [0.15, 0.2) is 28.8 Å². The van der Waals surface area contributed by atoms with Crippen LogP contribution in [0.25, 0.3) is 6.08 Å². The fraction of sp³-hybridized carbons (Fsp3) is 0.0625. The van der Waals surface area contributed by atoms with Crippen LogP contribution in [0.3, 0.4) is 0 Å². The number of hydrogen-bond acceptors (Lipinski definition) is 4. The van der Waals surface area contributed by atoms with E-state index < -0.39 is 17.3 Å². The molecule has 2 aromatic rings. The molecule has 0 aromatic heterocycles. The van der Waals surface area contributed by atoms with Crippen molar-refractivity contribution >= 4 is 11.9 Å². The molecular formula is C16H13FO4. The van der Waals surface area contributed by atoms with E-state index in [0.29, 0.717) is 11.3 Å². The van der Waals surface area contributed by atoms with Crippen molar-refractivity contribution in [1.29, 1.82) is 0 Å². The second kappa shape index (κ2) is 6.09. The summed E-state index contributed by atoms with van der Waals surface area (Å²) < 4.78 is 18.1. The summed E-state index contributed by atoms with van der Waals surface area (Å²) in [4.78, 5) is 11.9. The largest absolute Gasteiger partial charge is 0.505 e. The summed E-state index contributed by atoms with van der Waals surface area (Å²) in [6.07, 6.45) is 2.62. The second-order valence-electron chi connectivity index (χ2n) is 4.26. The maximum absolute atomic E-state index is 13.2. The van der Waals surface area contributed by atoms with Crippen molar-refractivity contribution in [3.63, 3.8) is 0 Å². The van der Waals surface area contributed by atoms with Crippen LogP contribution in [-0.4, -0.2) is 23.1 Å². The lowest BCUT2D eigenvalue weighted by atomic mass is 10.1. The maximum atomic E-state index is 13.2. The summed E-state index contributed by atoms with van der Waals surface area (Å²) in [5.41, 5.74) is 0.505. The number of rotatable bonds is 4. The Morgan fingerprint density at radius 3 is 2.67 bits per heavy atom. The van der Waals surface area contributed by atoms with Gasteiger partial charge in [0, 0.05) is 11.1 Å². The second-order valence-corrected chi connectivity index (χ2v) is 4.26. The minimum Gasteiger partial charge on any atom is -0.505 e. The zero-order chi connectivity index (χ0) is 15.4. The van der Waals surface area contributed by atoms with Crippen molar-refractivity contribution in [2.45, 2.75) is 0 Å². The van der Waals surface area contributed by atoms with Crippen LogP contribution < -0.4 is 4.74 Å². The molecule has 0 aliphatic heterocycles. The molecule has 0 aliphatic carbocycles. The van der Waals surface area contributed by atoms with Crippen molar-refractivity contribution in [3.8, 4) is 17.2 Å². The molecule has 0 amide bonds. The number of phenolic OH excluding ortho intramolecular Hbond substituents is 2. The first-order valence-electron chi connectivity index (χ1n) is 6.10. The van der Waals surface area contributed by atoms with Crippen LogP contribution in [0, 0.1) is 5.82 Å². The van der Waals surface area contributed by atoms with Crippen LogP contribution in [0.2, 0.25) is 0 Å². The van der Waals surface area contributed by atoms with E-state index >= 15 is 0 Å². The van der Waals surface area contributed by atoms with Gasteiger partial charge >= 0.3 is 0 Å². The topological polar surface area (TPSA) is 66.8 Å². The van der Waals surface area contributed by atoms with Crippen molar-refractivity contribution in [1.82, 2.24) is 0 Å². The molecule has 0 saturated carbocycles. The molecule has 0 spiro atoms. The first kappa shape index (κ1) is 14.6. The summed E-state index contributed by atoms with van der Waals surface area (Å²) in [7, 11) is 1.42. The number of methoxy groups -OCH3 is 1. The molecule has 2 aromatic carbocycles. The summed E-state index contributed by atoms with van der Waals surface area (Å²) in [6.45, 7) is 0. The van der Waals surface area contributed by atoms with Gasteiger partial charge in [0.05, 0.1) is 7.11 Å². The van der Waals surface area contributed by atoms with E-state index in [-0.39, 0.29) is 11.3 Å².